The van der Waals surface area contributed by atoms with E-state index in [0.29, 0.717) is 10.8 Å². The van der Waals surface area contributed by atoms with Gasteiger partial charge in [-0.15, -0.1) is 0 Å². The summed E-state index contributed by atoms with van der Waals surface area (Å²) in [5.74, 6) is -0.129. The Labute approximate surface area is 109 Å². The summed E-state index contributed by atoms with van der Waals surface area (Å²) >= 11 is 5.81. The maximum atomic E-state index is 11.6. The Kier molecular flexibility index (Phi) is 3.74. The lowest BCUT2D eigenvalue weighted by Crippen LogP contribution is -2.07. The zero-order valence-electron chi connectivity index (χ0n) is 9.55. The molecule has 0 radical (unpaired) electrons. The van der Waals surface area contributed by atoms with Gasteiger partial charge in [-0.1, -0.05) is 11.6 Å². The molecule has 2 aromatic heterocycles. The molecule has 2 rings (SSSR count). The van der Waals surface area contributed by atoms with Crippen LogP contribution in [0.15, 0.2) is 36.8 Å². The number of anilines is 2. The first-order chi connectivity index (χ1) is 8.70. The lowest BCUT2D eigenvalue weighted by atomic mass is 10.2. The molecule has 0 unspecified atom stereocenters. The Morgan fingerprint density at radius 2 is 2.28 bits per heavy atom. The van der Waals surface area contributed by atoms with E-state index >= 15 is 0 Å². The topological polar surface area (TPSA) is 64.1 Å². The first-order valence-electron chi connectivity index (χ1n) is 5.11. The van der Waals surface area contributed by atoms with E-state index in [1.807, 2.05) is 6.07 Å². The third-order valence-corrected chi connectivity index (χ3v) is 2.39. The normalized spacial score (nSPS) is 9.89. The lowest BCUT2D eigenvalue weighted by molar-refractivity contribution is 0.0601. The smallest absolute Gasteiger partial charge is 0.341 e. The standard InChI is InChI=1S/C12H10ClN3O2/c1-18-12(17)10-5-8(13)6-15-11(10)16-9-3-2-4-14-7-9/h2-7H,1H3,(H,15,16). The van der Waals surface area contributed by atoms with Gasteiger partial charge < -0.3 is 10.1 Å². The van der Waals surface area contributed by atoms with Gasteiger partial charge in [0.15, 0.2) is 0 Å². The summed E-state index contributed by atoms with van der Waals surface area (Å²) in [7, 11) is 1.30. The van der Waals surface area contributed by atoms with Crippen LogP contribution < -0.4 is 5.32 Å². The predicted molar refractivity (Wildman–Crippen MR) is 68.1 cm³/mol. The SMILES string of the molecule is COC(=O)c1cc(Cl)cnc1Nc1cccnc1. The highest BCUT2D eigenvalue weighted by atomic mass is 35.5. The van der Waals surface area contributed by atoms with Crippen molar-refractivity contribution in [1.82, 2.24) is 9.97 Å². The number of pyridine rings is 2. The van der Waals surface area contributed by atoms with Gasteiger partial charge in [0.25, 0.3) is 0 Å². The summed E-state index contributed by atoms with van der Waals surface area (Å²) in [6.07, 6.45) is 4.73. The zero-order valence-corrected chi connectivity index (χ0v) is 10.3. The van der Waals surface area contributed by atoms with E-state index in [2.05, 4.69) is 20.0 Å². The first-order valence-corrected chi connectivity index (χ1v) is 5.49. The van der Waals surface area contributed by atoms with Crippen LogP contribution in [0.5, 0.6) is 0 Å². The van der Waals surface area contributed by atoms with Gasteiger partial charge in [0.1, 0.15) is 11.4 Å². The number of methoxy groups -OCH3 is 1. The van der Waals surface area contributed by atoms with E-state index in [1.165, 1.54) is 19.4 Å². The summed E-state index contributed by atoms with van der Waals surface area (Å²) in [6.45, 7) is 0. The Bertz CT molecular complexity index is 561. The number of nitrogens with one attached hydrogen (secondary N) is 1. The van der Waals surface area contributed by atoms with Gasteiger partial charge in [0.2, 0.25) is 0 Å². The van der Waals surface area contributed by atoms with E-state index in [1.54, 1.807) is 18.5 Å². The number of carbonyl (C=O) groups excluding carboxylic acids is 1. The van der Waals surface area contributed by atoms with Crippen molar-refractivity contribution in [2.45, 2.75) is 0 Å². The monoisotopic (exact) mass is 263 g/mol. The molecule has 0 atom stereocenters. The summed E-state index contributed by atoms with van der Waals surface area (Å²) < 4.78 is 4.68. The fraction of sp³-hybridized carbons (Fsp3) is 0.0833. The maximum absolute atomic E-state index is 11.6. The van der Waals surface area contributed by atoms with Gasteiger partial charge in [-0.05, 0) is 18.2 Å². The highest BCUT2D eigenvalue weighted by molar-refractivity contribution is 6.30. The van der Waals surface area contributed by atoms with Gasteiger partial charge in [-0.3, -0.25) is 4.98 Å². The van der Waals surface area contributed by atoms with Gasteiger partial charge >= 0.3 is 5.97 Å². The van der Waals surface area contributed by atoms with Gasteiger partial charge in [0, 0.05) is 12.4 Å². The molecule has 0 aliphatic rings. The van der Waals surface area contributed by atoms with Crippen LogP contribution in [0, 0.1) is 0 Å². The van der Waals surface area contributed by atoms with Crippen molar-refractivity contribution in [2.24, 2.45) is 0 Å². The fourth-order valence-electron chi connectivity index (χ4n) is 1.38. The number of aromatic nitrogens is 2. The number of hydrogen-bond donors (Lipinski definition) is 1. The molecule has 18 heavy (non-hydrogen) atoms. The van der Waals surface area contributed by atoms with E-state index in [9.17, 15) is 4.79 Å². The summed E-state index contributed by atoms with van der Waals surface area (Å²) in [5.41, 5.74) is 0.992. The minimum atomic E-state index is -0.503. The third kappa shape index (κ3) is 2.75. The van der Waals surface area contributed by atoms with Crippen LogP contribution >= 0.6 is 11.6 Å². The average Bonchev–Trinajstić information content (AvgIpc) is 2.41. The number of hydrogen-bond acceptors (Lipinski definition) is 5. The number of rotatable bonds is 3. The molecule has 0 amide bonds. The minimum absolute atomic E-state index is 0.272. The van der Waals surface area contributed by atoms with Crippen molar-refractivity contribution < 1.29 is 9.53 Å². The third-order valence-electron chi connectivity index (χ3n) is 2.18. The highest BCUT2D eigenvalue weighted by Gasteiger charge is 2.14. The first kappa shape index (κ1) is 12.3. The van der Waals surface area contributed by atoms with Gasteiger partial charge in [0.05, 0.1) is 24.0 Å². The number of halogens is 1. The molecule has 0 fully saturated rings. The number of esters is 1. The van der Waals surface area contributed by atoms with Crippen LogP contribution in [-0.4, -0.2) is 23.0 Å². The second-order valence-electron chi connectivity index (χ2n) is 3.41. The Balaban J connectivity index is 2.35. The van der Waals surface area contributed by atoms with Crippen LogP contribution in [0.25, 0.3) is 0 Å². The molecule has 0 aliphatic heterocycles. The van der Waals surface area contributed by atoms with Crippen LogP contribution in [0.2, 0.25) is 5.02 Å². The van der Waals surface area contributed by atoms with E-state index in [-0.39, 0.29) is 5.56 Å². The van der Waals surface area contributed by atoms with Crippen molar-refractivity contribution >= 4 is 29.1 Å². The van der Waals surface area contributed by atoms with Crippen LogP contribution in [0.3, 0.4) is 0 Å². The van der Waals surface area contributed by atoms with Crippen LogP contribution in [-0.2, 0) is 4.74 Å². The van der Waals surface area contributed by atoms with Crippen molar-refractivity contribution in [1.29, 1.82) is 0 Å². The Morgan fingerprint density at radius 1 is 1.44 bits per heavy atom. The predicted octanol–water partition coefficient (Wildman–Crippen LogP) is 2.66. The van der Waals surface area contributed by atoms with Crippen LogP contribution in [0.1, 0.15) is 10.4 Å². The zero-order chi connectivity index (χ0) is 13.0. The van der Waals surface area contributed by atoms with Crippen molar-refractivity contribution in [3.8, 4) is 0 Å². The second-order valence-corrected chi connectivity index (χ2v) is 3.84. The summed E-state index contributed by atoms with van der Waals surface area (Å²) in [6, 6.07) is 5.08. The minimum Gasteiger partial charge on any atom is -0.465 e. The number of carbonyl (C=O) groups is 1. The largest absolute Gasteiger partial charge is 0.465 e. The van der Waals surface area contributed by atoms with Crippen molar-refractivity contribution in [3.05, 3.63) is 47.4 Å². The Morgan fingerprint density at radius 3 is 2.94 bits per heavy atom. The molecule has 2 heterocycles. The second kappa shape index (κ2) is 5.46. The molecule has 92 valence electrons. The summed E-state index contributed by atoms with van der Waals surface area (Å²) in [5, 5.41) is 3.35. The molecule has 1 N–H and O–H groups in total. The van der Waals surface area contributed by atoms with E-state index < -0.39 is 5.97 Å². The molecule has 2 aromatic rings. The highest BCUT2D eigenvalue weighted by Crippen LogP contribution is 2.21. The molecule has 5 nitrogen and oxygen atoms in total. The van der Waals surface area contributed by atoms with E-state index in [4.69, 9.17) is 11.6 Å². The quantitative estimate of drug-likeness (QED) is 0.863. The number of nitrogens with zero attached hydrogens (tertiary/aromatic N) is 2. The molecular formula is C12H10ClN3O2. The molecule has 6 heteroatoms. The Hall–Kier alpha value is -2.14. The van der Waals surface area contributed by atoms with Gasteiger partial charge in [-0.25, -0.2) is 9.78 Å². The molecule has 0 spiro atoms. The van der Waals surface area contributed by atoms with Crippen LogP contribution in [0.4, 0.5) is 11.5 Å². The summed E-state index contributed by atoms with van der Waals surface area (Å²) in [4.78, 5) is 19.6. The average molecular weight is 264 g/mol. The fourth-order valence-corrected chi connectivity index (χ4v) is 1.54. The van der Waals surface area contributed by atoms with Crippen molar-refractivity contribution in [2.75, 3.05) is 12.4 Å². The van der Waals surface area contributed by atoms with E-state index in [0.717, 1.165) is 5.69 Å². The van der Waals surface area contributed by atoms with Crippen molar-refractivity contribution in [3.63, 3.8) is 0 Å². The lowest BCUT2D eigenvalue weighted by Gasteiger charge is -2.09. The maximum Gasteiger partial charge on any atom is 0.341 e. The number of ether oxygens (including phenoxy) is 1. The molecule has 0 aromatic carbocycles. The molecule has 0 saturated carbocycles. The molecule has 0 aliphatic carbocycles. The molecule has 0 bridgehead atoms. The van der Waals surface area contributed by atoms with Gasteiger partial charge in [-0.2, -0.15) is 0 Å². The molecule has 0 saturated heterocycles. The molecular weight excluding hydrogens is 254 g/mol.